The first-order valence-corrected chi connectivity index (χ1v) is 6.93. The molecule has 0 aromatic heterocycles. The van der Waals surface area contributed by atoms with Crippen LogP contribution in [0.4, 0.5) is 0 Å². The molecule has 0 aromatic carbocycles. The number of carbonyl (C=O) groups excluding carboxylic acids is 1. The molecule has 2 N–H and O–H groups in total. The molecular formula is C13H26N4O2. The summed E-state index contributed by atoms with van der Waals surface area (Å²) in [5.41, 5.74) is 0. The van der Waals surface area contributed by atoms with E-state index >= 15 is 0 Å². The van der Waals surface area contributed by atoms with E-state index in [1.165, 1.54) is 0 Å². The smallest absolute Gasteiger partial charge is 0.243 e. The van der Waals surface area contributed by atoms with Crippen molar-refractivity contribution in [2.24, 2.45) is 10.9 Å². The maximum Gasteiger partial charge on any atom is 0.243 e. The molecule has 0 aliphatic carbocycles. The fourth-order valence-corrected chi connectivity index (χ4v) is 1.69. The highest BCUT2D eigenvalue weighted by atomic mass is 16.5. The van der Waals surface area contributed by atoms with Gasteiger partial charge in [0, 0.05) is 39.7 Å². The summed E-state index contributed by atoms with van der Waals surface area (Å²) in [6.45, 7) is 5.62. The van der Waals surface area contributed by atoms with Crippen LogP contribution in [0.15, 0.2) is 4.99 Å². The Balaban J connectivity index is 2.40. The van der Waals surface area contributed by atoms with Gasteiger partial charge >= 0.3 is 0 Å². The van der Waals surface area contributed by atoms with Gasteiger partial charge in [0.05, 0.1) is 6.61 Å². The molecule has 0 bridgehead atoms. The van der Waals surface area contributed by atoms with E-state index in [2.05, 4.69) is 22.5 Å². The van der Waals surface area contributed by atoms with E-state index in [0.717, 1.165) is 39.1 Å². The normalized spacial score (nSPS) is 19.3. The highest BCUT2D eigenvalue weighted by Gasteiger charge is 2.15. The van der Waals surface area contributed by atoms with Crippen molar-refractivity contribution in [2.75, 3.05) is 46.9 Å². The minimum atomic E-state index is 0.00166. The molecule has 6 heteroatoms. The van der Waals surface area contributed by atoms with Gasteiger partial charge in [0.25, 0.3) is 0 Å². The largest absolute Gasteiger partial charge is 0.381 e. The molecule has 1 heterocycles. The number of nitrogens with zero attached hydrogens (tertiary/aromatic N) is 2. The summed E-state index contributed by atoms with van der Waals surface area (Å²) in [6.07, 6.45) is 2.11. The Labute approximate surface area is 115 Å². The third-order valence-electron chi connectivity index (χ3n) is 3.00. The van der Waals surface area contributed by atoms with Crippen molar-refractivity contribution in [3.05, 3.63) is 0 Å². The lowest BCUT2D eigenvalue weighted by Crippen LogP contribution is -2.41. The highest BCUT2D eigenvalue weighted by Crippen LogP contribution is 2.10. The van der Waals surface area contributed by atoms with Gasteiger partial charge in [-0.2, -0.15) is 0 Å². The molecule has 0 spiro atoms. The molecule has 1 fully saturated rings. The van der Waals surface area contributed by atoms with E-state index in [-0.39, 0.29) is 12.5 Å². The zero-order chi connectivity index (χ0) is 14.1. The Kier molecular flexibility index (Phi) is 7.25. The van der Waals surface area contributed by atoms with Crippen LogP contribution in [0.3, 0.4) is 0 Å². The van der Waals surface area contributed by atoms with E-state index in [1.807, 2.05) is 0 Å². The standard InChI is InChI=1S/C13H26N4O2/c1-4-6-14-13(16-9-12(18)17(2)3)15-8-11-5-7-19-10-11/h11H,4-10H2,1-3H3,(H2,14,15,16). The van der Waals surface area contributed by atoms with Gasteiger partial charge in [0.1, 0.15) is 6.54 Å². The Morgan fingerprint density at radius 3 is 2.79 bits per heavy atom. The van der Waals surface area contributed by atoms with Gasteiger partial charge in [-0.05, 0) is 12.8 Å². The number of guanidine groups is 1. The van der Waals surface area contributed by atoms with Crippen LogP contribution < -0.4 is 10.6 Å². The van der Waals surface area contributed by atoms with Gasteiger partial charge in [0.2, 0.25) is 5.91 Å². The van der Waals surface area contributed by atoms with Crippen LogP contribution in [0.2, 0.25) is 0 Å². The molecule has 6 nitrogen and oxygen atoms in total. The third kappa shape index (κ3) is 6.42. The summed E-state index contributed by atoms with van der Waals surface area (Å²) in [6, 6.07) is 0. The summed E-state index contributed by atoms with van der Waals surface area (Å²) in [4.78, 5) is 17.4. The number of rotatable bonds is 6. The fraction of sp³-hybridized carbons (Fsp3) is 0.846. The molecule has 1 saturated heterocycles. The van der Waals surface area contributed by atoms with Crippen LogP contribution in [0, 0.1) is 5.92 Å². The van der Waals surface area contributed by atoms with Crippen molar-refractivity contribution in [2.45, 2.75) is 19.8 Å². The average molecular weight is 270 g/mol. The van der Waals surface area contributed by atoms with Crippen molar-refractivity contribution < 1.29 is 9.53 Å². The first-order valence-electron chi connectivity index (χ1n) is 6.93. The number of nitrogens with one attached hydrogen (secondary N) is 2. The minimum absolute atomic E-state index is 0.00166. The van der Waals surface area contributed by atoms with Crippen LogP contribution in [-0.4, -0.2) is 63.7 Å². The molecule has 1 unspecified atom stereocenters. The summed E-state index contributed by atoms with van der Waals surface area (Å²) < 4.78 is 5.34. The summed E-state index contributed by atoms with van der Waals surface area (Å²) in [5.74, 6) is 1.25. The summed E-state index contributed by atoms with van der Waals surface area (Å²) >= 11 is 0. The summed E-state index contributed by atoms with van der Waals surface area (Å²) in [7, 11) is 3.47. The van der Waals surface area contributed by atoms with E-state index < -0.39 is 0 Å². The maximum absolute atomic E-state index is 11.5. The molecule has 1 amide bonds. The van der Waals surface area contributed by atoms with Crippen molar-refractivity contribution in [3.63, 3.8) is 0 Å². The lowest BCUT2D eigenvalue weighted by molar-refractivity contribution is -0.127. The van der Waals surface area contributed by atoms with Crippen molar-refractivity contribution in [1.29, 1.82) is 0 Å². The van der Waals surface area contributed by atoms with Gasteiger partial charge in [-0.15, -0.1) is 0 Å². The van der Waals surface area contributed by atoms with Crippen LogP contribution in [-0.2, 0) is 9.53 Å². The van der Waals surface area contributed by atoms with Crippen molar-refractivity contribution in [1.82, 2.24) is 15.5 Å². The third-order valence-corrected chi connectivity index (χ3v) is 3.00. The molecular weight excluding hydrogens is 244 g/mol. The SMILES string of the molecule is CCCNC(=NCC(=O)N(C)C)NCC1CCOC1. The first-order chi connectivity index (χ1) is 9.13. The molecule has 0 aromatic rings. The van der Waals surface area contributed by atoms with Gasteiger partial charge in [-0.25, -0.2) is 4.99 Å². The van der Waals surface area contributed by atoms with Gasteiger partial charge in [-0.1, -0.05) is 6.92 Å². The van der Waals surface area contributed by atoms with E-state index in [4.69, 9.17) is 4.74 Å². The van der Waals surface area contributed by atoms with Crippen LogP contribution in [0.1, 0.15) is 19.8 Å². The Bertz CT molecular complexity index is 299. The monoisotopic (exact) mass is 270 g/mol. The van der Waals surface area contributed by atoms with Gasteiger partial charge in [0.15, 0.2) is 5.96 Å². The molecule has 1 rings (SSSR count). The zero-order valence-electron chi connectivity index (χ0n) is 12.2. The number of aliphatic imine (C=N–C) groups is 1. The maximum atomic E-state index is 11.5. The van der Waals surface area contributed by atoms with Gasteiger partial charge in [-0.3, -0.25) is 4.79 Å². The molecule has 1 aliphatic heterocycles. The predicted octanol–water partition coefficient (Wildman–Crippen LogP) is 0.0563. The molecule has 110 valence electrons. The highest BCUT2D eigenvalue weighted by molar-refractivity contribution is 5.84. The van der Waals surface area contributed by atoms with Crippen LogP contribution in [0.5, 0.6) is 0 Å². The number of likely N-dealkylation sites (N-methyl/N-ethyl adjacent to an activating group) is 1. The number of hydrogen-bond donors (Lipinski definition) is 2. The molecule has 1 aliphatic rings. The molecule has 19 heavy (non-hydrogen) atoms. The molecule has 0 saturated carbocycles. The van der Waals surface area contributed by atoms with Crippen LogP contribution in [0.25, 0.3) is 0 Å². The lowest BCUT2D eigenvalue weighted by Gasteiger charge is -2.15. The fourth-order valence-electron chi connectivity index (χ4n) is 1.69. The quantitative estimate of drug-likeness (QED) is 0.529. The Morgan fingerprint density at radius 2 is 2.21 bits per heavy atom. The second kappa shape index (κ2) is 8.74. The number of carbonyl (C=O) groups is 1. The first kappa shape index (κ1) is 15.8. The van der Waals surface area contributed by atoms with E-state index in [9.17, 15) is 4.79 Å². The molecule has 0 radical (unpaired) electrons. The van der Waals surface area contributed by atoms with Crippen LogP contribution >= 0.6 is 0 Å². The minimum Gasteiger partial charge on any atom is -0.381 e. The number of hydrogen-bond acceptors (Lipinski definition) is 3. The van der Waals surface area contributed by atoms with Gasteiger partial charge < -0.3 is 20.3 Å². The Hall–Kier alpha value is -1.30. The second-order valence-corrected chi connectivity index (χ2v) is 4.99. The second-order valence-electron chi connectivity index (χ2n) is 4.99. The average Bonchev–Trinajstić information content (AvgIpc) is 2.90. The predicted molar refractivity (Wildman–Crippen MR) is 76.2 cm³/mol. The lowest BCUT2D eigenvalue weighted by atomic mass is 10.1. The van der Waals surface area contributed by atoms with Crippen molar-refractivity contribution >= 4 is 11.9 Å². The molecule has 1 atom stereocenters. The van der Waals surface area contributed by atoms with E-state index in [0.29, 0.717) is 11.9 Å². The summed E-state index contributed by atoms with van der Waals surface area (Å²) in [5, 5.41) is 6.49. The van der Waals surface area contributed by atoms with E-state index in [1.54, 1.807) is 19.0 Å². The van der Waals surface area contributed by atoms with Crippen molar-refractivity contribution in [3.8, 4) is 0 Å². The Morgan fingerprint density at radius 1 is 1.42 bits per heavy atom. The number of amides is 1. The topological polar surface area (TPSA) is 66.0 Å². The zero-order valence-corrected chi connectivity index (χ0v) is 12.2. The number of ether oxygens (including phenoxy) is 1.